The first-order chi connectivity index (χ1) is 17.6. The fourth-order valence-corrected chi connectivity index (χ4v) is 4.68. The molecule has 0 saturated carbocycles. The number of hydrogen-bond acceptors (Lipinski definition) is 5. The molecule has 0 bridgehead atoms. The van der Waals surface area contributed by atoms with E-state index in [1.54, 1.807) is 43.3 Å². The van der Waals surface area contributed by atoms with Gasteiger partial charge in [0.15, 0.2) is 18.2 Å². The van der Waals surface area contributed by atoms with Gasteiger partial charge in [0.25, 0.3) is 14.2 Å². The molecule has 0 aliphatic carbocycles. The Hall–Kier alpha value is -3.30. The number of piperidine rings is 1. The molecule has 2 unspecified atom stereocenters. The Bertz CT molecular complexity index is 1370. The molecular formula is C26H29FN3O6P. The highest BCUT2D eigenvalue weighted by atomic mass is 31.2. The quantitative estimate of drug-likeness (QED) is 0.272. The summed E-state index contributed by atoms with van der Waals surface area (Å²) in [4.78, 5) is 34.9. The summed E-state index contributed by atoms with van der Waals surface area (Å²) in [5.74, 6) is 0.192. The number of aryl methyl sites for hydroxylation is 1. The average Bonchev–Trinajstić information content (AvgIpc) is 3.23. The number of nitrogens with zero attached hydrogens (tertiary/aromatic N) is 3. The Morgan fingerprint density at radius 3 is 2.68 bits per heavy atom. The number of hydrogen-bond donors (Lipinski definition) is 1. The molecule has 1 aliphatic rings. The number of phosphoric acid groups is 1. The number of imidazole rings is 1. The van der Waals surface area contributed by atoms with Crippen molar-refractivity contribution >= 4 is 19.8 Å². The summed E-state index contributed by atoms with van der Waals surface area (Å²) in [6.07, 6.45) is 6.74. The minimum Gasteiger partial charge on any atom is -0.756 e. The van der Waals surface area contributed by atoms with Crippen molar-refractivity contribution in [1.82, 2.24) is 9.47 Å². The molecule has 1 aliphatic heterocycles. The van der Waals surface area contributed by atoms with E-state index in [4.69, 9.17) is 9.63 Å². The number of methoxy groups -OCH3 is 1. The number of halogens is 1. The third kappa shape index (κ3) is 6.34. The highest BCUT2D eigenvalue weighted by Gasteiger charge is 2.28. The van der Waals surface area contributed by atoms with Gasteiger partial charge in [0.05, 0.1) is 13.2 Å². The Balaban J connectivity index is 1.56. The Morgan fingerprint density at radius 2 is 2.00 bits per heavy atom. The lowest BCUT2D eigenvalue weighted by molar-refractivity contribution is -0.596. The largest absolute Gasteiger partial charge is 0.756 e. The van der Waals surface area contributed by atoms with Crippen LogP contribution >= 0.6 is 7.82 Å². The van der Waals surface area contributed by atoms with E-state index < -0.39 is 7.82 Å². The summed E-state index contributed by atoms with van der Waals surface area (Å²) < 4.78 is 37.6. The highest BCUT2D eigenvalue weighted by Crippen LogP contribution is 2.31. The van der Waals surface area contributed by atoms with Crippen molar-refractivity contribution in [3.05, 3.63) is 83.2 Å². The maximum atomic E-state index is 13.3. The molecule has 2 atom stereocenters. The number of aromatic nitrogens is 2. The fraction of sp³-hybridized carbons (Fsp3) is 0.308. The third-order valence-electron chi connectivity index (χ3n) is 6.43. The lowest BCUT2D eigenvalue weighted by Gasteiger charge is -2.34. The van der Waals surface area contributed by atoms with Gasteiger partial charge in [-0.15, -0.1) is 0 Å². The van der Waals surface area contributed by atoms with E-state index in [1.807, 2.05) is 36.1 Å². The van der Waals surface area contributed by atoms with Gasteiger partial charge in [-0.3, -0.25) is 13.9 Å². The number of likely N-dealkylation sites (tertiary alicyclic amines) is 1. The molecule has 1 aromatic heterocycles. The SMILES string of the molecule is COc1cc(C=C2CCCN(C(C)c3ccc(F)cc3)C2=O)ccc1-[n+]1cc(C)n(COP(=O)([O-])O)c1. The molecule has 37 heavy (non-hydrogen) atoms. The van der Waals surface area contributed by atoms with Gasteiger partial charge in [-0.2, -0.15) is 4.57 Å². The van der Waals surface area contributed by atoms with Gasteiger partial charge in [0.1, 0.15) is 17.7 Å². The monoisotopic (exact) mass is 529 g/mol. The van der Waals surface area contributed by atoms with Crippen LogP contribution in [0.4, 0.5) is 4.39 Å². The number of carbonyl (C=O) groups excluding carboxylic acids is 1. The Morgan fingerprint density at radius 1 is 1.27 bits per heavy atom. The van der Waals surface area contributed by atoms with Crippen LogP contribution in [-0.4, -0.2) is 33.9 Å². The average molecular weight is 530 g/mol. The van der Waals surface area contributed by atoms with Crippen molar-refractivity contribution in [3.8, 4) is 11.4 Å². The molecule has 0 radical (unpaired) electrons. The molecule has 1 fully saturated rings. The molecule has 196 valence electrons. The van der Waals surface area contributed by atoms with Crippen LogP contribution in [0, 0.1) is 12.7 Å². The maximum Gasteiger partial charge on any atom is 0.268 e. The summed E-state index contributed by atoms with van der Waals surface area (Å²) in [6, 6.07) is 11.6. The number of rotatable bonds is 8. The van der Waals surface area contributed by atoms with E-state index in [9.17, 15) is 18.6 Å². The van der Waals surface area contributed by atoms with E-state index >= 15 is 0 Å². The highest BCUT2D eigenvalue weighted by molar-refractivity contribution is 7.44. The molecule has 11 heteroatoms. The van der Waals surface area contributed by atoms with Gasteiger partial charge in [-0.05, 0) is 61.2 Å². The summed E-state index contributed by atoms with van der Waals surface area (Å²) in [7, 11) is -3.30. The van der Waals surface area contributed by atoms with Crippen molar-refractivity contribution in [2.45, 2.75) is 39.5 Å². The molecule has 4 rings (SSSR count). The smallest absolute Gasteiger partial charge is 0.268 e. The number of ether oxygens (including phenoxy) is 1. The maximum absolute atomic E-state index is 13.3. The van der Waals surface area contributed by atoms with Crippen LogP contribution in [0.3, 0.4) is 0 Å². The van der Waals surface area contributed by atoms with Gasteiger partial charge in [0, 0.05) is 19.0 Å². The predicted molar refractivity (Wildman–Crippen MR) is 132 cm³/mol. The molecular weight excluding hydrogens is 500 g/mol. The molecule has 1 amide bonds. The van der Waals surface area contributed by atoms with Gasteiger partial charge >= 0.3 is 0 Å². The third-order valence-corrected chi connectivity index (χ3v) is 6.87. The van der Waals surface area contributed by atoms with Gasteiger partial charge < -0.3 is 19.4 Å². The lowest BCUT2D eigenvalue weighted by atomic mass is 9.97. The van der Waals surface area contributed by atoms with E-state index in [1.165, 1.54) is 16.7 Å². The molecule has 1 N–H and O–H groups in total. The molecule has 2 aromatic carbocycles. The molecule has 3 aromatic rings. The van der Waals surface area contributed by atoms with Gasteiger partial charge in [-0.25, -0.2) is 8.96 Å². The lowest BCUT2D eigenvalue weighted by Crippen LogP contribution is -2.38. The Kier molecular flexibility index (Phi) is 7.94. The minimum atomic E-state index is -4.85. The summed E-state index contributed by atoms with van der Waals surface area (Å²) in [6.45, 7) is 3.98. The van der Waals surface area contributed by atoms with Crippen molar-refractivity contribution in [3.63, 3.8) is 0 Å². The zero-order valence-electron chi connectivity index (χ0n) is 20.8. The van der Waals surface area contributed by atoms with Crippen LogP contribution in [0.25, 0.3) is 11.8 Å². The summed E-state index contributed by atoms with van der Waals surface area (Å²) >= 11 is 0. The predicted octanol–water partition coefficient (Wildman–Crippen LogP) is 3.42. The zero-order chi connectivity index (χ0) is 26.7. The van der Waals surface area contributed by atoms with Crippen molar-refractivity contribution in [2.75, 3.05) is 13.7 Å². The second-order valence-corrected chi connectivity index (χ2v) is 10.1. The van der Waals surface area contributed by atoms with Crippen LogP contribution in [-0.2, 0) is 20.6 Å². The van der Waals surface area contributed by atoms with Crippen LogP contribution in [0.2, 0.25) is 0 Å². The van der Waals surface area contributed by atoms with Gasteiger partial charge in [0.2, 0.25) is 5.91 Å². The van der Waals surface area contributed by atoms with E-state index in [-0.39, 0.29) is 24.5 Å². The number of carbonyl (C=O) groups is 1. The van der Waals surface area contributed by atoms with Crippen molar-refractivity contribution in [1.29, 1.82) is 0 Å². The first-order valence-electron chi connectivity index (χ1n) is 11.8. The molecule has 2 heterocycles. The van der Waals surface area contributed by atoms with E-state index in [0.717, 1.165) is 17.5 Å². The standard InChI is InChI=1S/C26H29FN3O6P/c1-18-15-28(16-29(18)17-36-37(32,33)34)24-11-6-20(14-25(24)35-3)13-22-5-4-12-30(26(22)31)19(2)21-7-9-23(27)10-8-21/h6-11,13-16,19H,4-5,12,17H2,1-3H3,(H-,32,33,34). The van der Waals surface area contributed by atoms with Gasteiger partial charge in [-0.1, -0.05) is 18.2 Å². The van der Waals surface area contributed by atoms with Crippen LogP contribution in [0.5, 0.6) is 5.75 Å². The second-order valence-electron chi connectivity index (χ2n) is 8.92. The number of phosphoric ester groups is 1. The topological polar surface area (TPSA) is 108 Å². The van der Waals surface area contributed by atoms with Crippen LogP contribution in [0.1, 0.15) is 42.6 Å². The Labute approximate surface area is 214 Å². The number of benzene rings is 2. The normalized spacial score (nSPS) is 17.6. The second kappa shape index (κ2) is 11.0. The molecule has 9 nitrogen and oxygen atoms in total. The van der Waals surface area contributed by atoms with Crippen LogP contribution < -0.4 is 14.2 Å². The zero-order valence-corrected chi connectivity index (χ0v) is 21.7. The summed E-state index contributed by atoms with van der Waals surface area (Å²) in [5, 5.41) is 0. The fourth-order valence-electron chi connectivity index (χ4n) is 4.41. The van der Waals surface area contributed by atoms with Crippen LogP contribution in [0.15, 0.2) is 60.6 Å². The van der Waals surface area contributed by atoms with Crippen molar-refractivity contribution in [2.24, 2.45) is 0 Å². The number of amides is 1. The summed E-state index contributed by atoms with van der Waals surface area (Å²) in [5.41, 5.74) is 3.76. The molecule has 0 spiro atoms. The first kappa shape index (κ1) is 26.8. The van der Waals surface area contributed by atoms with E-state index in [2.05, 4.69) is 4.52 Å². The first-order valence-corrected chi connectivity index (χ1v) is 13.3. The van der Waals surface area contributed by atoms with E-state index in [0.29, 0.717) is 35.7 Å². The molecule has 1 saturated heterocycles. The minimum absolute atomic E-state index is 0.0484. The van der Waals surface area contributed by atoms with Crippen molar-refractivity contribution < 1.29 is 37.4 Å².